The molecule has 1 amide bonds. The highest BCUT2D eigenvalue weighted by Crippen LogP contribution is 2.16. The molecule has 2 aromatic rings. The summed E-state index contributed by atoms with van der Waals surface area (Å²) >= 11 is 0. The van der Waals surface area contributed by atoms with Gasteiger partial charge in [-0.25, -0.2) is 4.79 Å². The van der Waals surface area contributed by atoms with Gasteiger partial charge in [-0.1, -0.05) is 30.3 Å². The maximum absolute atomic E-state index is 12.0. The first-order valence-corrected chi connectivity index (χ1v) is 8.60. The molecule has 0 saturated heterocycles. The first-order valence-electron chi connectivity index (χ1n) is 8.60. The van der Waals surface area contributed by atoms with Crippen LogP contribution in [-0.4, -0.2) is 28.0 Å². The largest absolute Gasteiger partial charge is 0.444 e. The average molecular weight is 344 g/mol. The Morgan fingerprint density at radius 1 is 1.24 bits per heavy atom. The first-order chi connectivity index (χ1) is 11.8. The number of amides is 1. The maximum Gasteiger partial charge on any atom is 0.413 e. The second-order valence-electron chi connectivity index (χ2n) is 7.03. The van der Waals surface area contributed by atoms with Crippen LogP contribution >= 0.6 is 0 Å². The number of ether oxygens (including phenoxy) is 1. The highest BCUT2D eigenvalue weighted by Gasteiger charge is 2.18. The molecule has 0 unspecified atom stereocenters. The van der Waals surface area contributed by atoms with Crippen LogP contribution in [0.3, 0.4) is 0 Å². The van der Waals surface area contributed by atoms with E-state index in [4.69, 9.17) is 4.74 Å². The number of nitrogens with zero attached hydrogens (tertiary/aromatic N) is 2. The van der Waals surface area contributed by atoms with E-state index >= 15 is 0 Å². The van der Waals surface area contributed by atoms with E-state index in [-0.39, 0.29) is 0 Å². The number of nitrogens with one attached hydrogen (secondary N) is 2. The van der Waals surface area contributed by atoms with Crippen molar-refractivity contribution < 1.29 is 9.53 Å². The Bertz CT molecular complexity index is 674. The molecule has 1 aromatic carbocycles. The fraction of sp³-hybridized carbons (Fsp3) is 0.474. The van der Waals surface area contributed by atoms with Crippen molar-refractivity contribution in [3.05, 3.63) is 47.7 Å². The van der Waals surface area contributed by atoms with Crippen LogP contribution in [0.4, 0.5) is 10.6 Å². The summed E-state index contributed by atoms with van der Waals surface area (Å²) in [6.45, 7) is 7.06. The zero-order chi connectivity index (χ0) is 18.3. The fourth-order valence-corrected chi connectivity index (χ4v) is 2.46. The number of rotatable bonds is 7. The Hall–Kier alpha value is -2.34. The number of aryl methyl sites for hydroxylation is 2. The Balaban J connectivity index is 1.79. The molecule has 0 aliphatic carbocycles. The molecule has 0 saturated carbocycles. The molecule has 6 heteroatoms. The lowest BCUT2D eigenvalue weighted by atomic mass is 10.1. The van der Waals surface area contributed by atoms with Crippen molar-refractivity contribution in [2.24, 2.45) is 7.05 Å². The minimum absolute atomic E-state index is 0.471. The molecule has 6 nitrogen and oxygen atoms in total. The Morgan fingerprint density at radius 2 is 1.96 bits per heavy atom. The number of carbonyl (C=O) groups is 1. The van der Waals surface area contributed by atoms with Crippen LogP contribution in [-0.2, 0) is 24.8 Å². The predicted molar refractivity (Wildman–Crippen MR) is 99.5 cm³/mol. The summed E-state index contributed by atoms with van der Waals surface area (Å²) in [5.41, 5.74) is 1.75. The third-order valence-corrected chi connectivity index (χ3v) is 3.61. The molecule has 0 radical (unpaired) electrons. The van der Waals surface area contributed by atoms with Gasteiger partial charge < -0.3 is 10.1 Å². The molecule has 0 fully saturated rings. The summed E-state index contributed by atoms with van der Waals surface area (Å²) in [5, 5.41) is 10.4. The number of hydrogen-bond donors (Lipinski definition) is 2. The van der Waals surface area contributed by atoms with Crippen LogP contribution in [0, 0.1) is 0 Å². The molecular weight excluding hydrogens is 316 g/mol. The van der Waals surface area contributed by atoms with Crippen molar-refractivity contribution in [3.8, 4) is 0 Å². The average Bonchev–Trinajstić information content (AvgIpc) is 2.87. The number of carbonyl (C=O) groups excluding carboxylic acids is 1. The molecule has 1 heterocycles. The molecule has 0 spiro atoms. The number of benzene rings is 1. The summed E-state index contributed by atoms with van der Waals surface area (Å²) in [7, 11) is 1.80. The van der Waals surface area contributed by atoms with Crippen molar-refractivity contribution in [2.45, 2.75) is 45.8 Å². The van der Waals surface area contributed by atoms with E-state index in [1.54, 1.807) is 17.9 Å². The van der Waals surface area contributed by atoms with E-state index in [0.717, 1.165) is 24.9 Å². The van der Waals surface area contributed by atoms with Gasteiger partial charge in [-0.2, -0.15) is 5.10 Å². The van der Waals surface area contributed by atoms with Gasteiger partial charge in [-0.05, 0) is 45.7 Å². The molecule has 0 atom stereocenters. The molecule has 136 valence electrons. The Labute approximate surface area is 149 Å². The number of aromatic nitrogens is 2. The molecule has 0 aliphatic heterocycles. The highest BCUT2D eigenvalue weighted by atomic mass is 16.6. The van der Waals surface area contributed by atoms with Gasteiger partial charge in [0.15, 0.2) is 0 Å². The van der Waals surface area contributed by atoms with Gasteiger partial charge >= 0.3 is 6.09 Å². The summed E-state index contributed by atoms with van der Waals surface area (Å²) in [4.78, 5) is 12.0. The summed E-state index contributed by atoms with van der Waals surface area (Å²) in [5.74, 6) is 0.657. The first kappa shape index (κ1) is 19.0. The zero-order valence-corrected chi connectivity index (χ0v) is 15.5. The van der Waals surface area contributed by atoms with Crippen molar-refractivity contribution in [1.29, 1.82) is 0 Å². The lowest BCUT2D eigenvalue weighted by Gasteiger charge is -2.20. The second-order valence-corrected chi connectivity index (χ2v) is 7.03. The van der Waals surface area contributed by atoms with E-state index in [1.807, 2.05) is 26.8 Å². The smallest absolute Gasteiger partial charge is 0.413 e. The van der Waals surface area contributed by atoms with Gasteiger partial charge in [0.2, 0.25) is 0 Å². The van der Waals surface area contributed by atoms with Gasteiger partial charge in [0.1, 0.15) is 11.4 Å². The van der Waals surface area contributed by atoms with E-state index in [2.05, 4.69) is 40.0 Å². The van der Waals surface area contributed by atoms with Crippen molar-refractivity contribution in [3.63, 3.8) is 0 Å². The number of hydrogen-bond acceptors (Lipinski definition) is 4. The molecule has 25 heavy (non-hydrogen) atoms. The molecule has 2 rings (SSSR count). The van der Waals surface area contributed by atoms with E-state index in [0.29, 0.717) is 12.4 Å². The molecule has 0 aliphatic rings. The molecular formula is C19H28N4O2. The minimum atomic E-state index is -0.529. The fourth-order valence-electron chi connectivity index (χ4n) is 2.46. The normalized spacial score (nSPS) is 11.4. The van der Waals surface area contributed by atoms with Crippen LogP contribution < -0.4 is 10.6 Å². The topological polar surface area (TPSA) is 68.2 Å². The summed E-state index contributed by atoms with van der Waals surface area (Å²) in [6, 6.07) is 10.4. The van der Waals surface area contributed by atoms with Crippen molar-refractivity contribution in [2.75, 3.05) is 11.9 Å². The van der Waals surface area contributed by atoms with Gasteiger partial charge in [0, 0.05) is 19.2 Å². The van der Waals surface area contributed by atoms with Crippen LogP contribution in [0.5, 0.6) is 0 Å². The number of anilines is 1. The van der Waals surface area contributed by atoms with E-state index in [1.165, 1.54) is 5.56 Å². The Morgan fingerprint density at radius 3 is 2.64 bits per heavy atom. The van der Waals surface area contributed by atoms with Crippen LogP contribution in [0.15, 0.2) is 36.5 Å². The van der Waals surface area contributed by atoms with Crippen LogP contribution in [0.1, 0.15) is 38.3 Å². The molecule has 2 N–H and O–H groups in total. The van der Waals surface area contributed by atoms with Crippen molar-refractivity contribution >= 4 is 11.9 Å². The summed E-state index contributed by atoms with van der Waals surface area (Å²) < 4.78 is 6.95. The van der Waals surface area contributed by atoms with Gasteiger partial charge in [-0.3, -0.25) is 10.00 Å². The van der Waals surface area contributed by atoms with E-state index in [9.17, 15) is 4.79 Å². The zero-order valence-electron chi connectivity index (χ0n) is 15.5. The second kappa shape index (κ2) is 8.67. The van der Waals surface area contributed by atoms with Gasteiger partial charge in [-0.15, -0.1) is 0 Å². The quantitative estimate of drug-likeness (QED) is 0.755. The monoisotopic (exact) mass is 344 g/mol. The lowest BCUT2D eigenvalue weighted by Crippen LogP contribution is -2.28. The van der Waals surface area contributed by atoms with Crippen LogP contribution in [0.2, 0.25) is 0 Å². The maximum atomic E-state index is 12.0. The lowest BCUT2D eigenvalue weighted by molar-refractivity contribution is 0.0634. The van der Waals surface area contributed by atoms with E-state index < -0.39 is 11.7 Å². The van der Waals surface area contributed by atoms with Gasteiger partial charge in [0.25, 0.3) is 0 Å². The van der Waals surface area contributed by atoms with Crippen LogP contribution in [0.25, 0.3) is 0 Å². The highest BCUT2D eigenvalue weighted by molar-refractivity contribution is 5.84. The molecule has 0 bridgehead atoms. The summed E-state index contributed by atoms with van der Waals surface area (Å²) in [6.07, 6.45) is 3.39. The molecule has 1 aromatic heterocycles. The third-order valence-electron chi connectivity index (χ3n) is 3.61. The SMILES string of the molecule is Cn1ncc(CNCCCc2ccccc2)c1NC(=O)OC(C)(C)C. The van der Waals surface area contributed by atoms with Crippen molar-refractivity contribution in [1.82, 2.24) is 15.1 Å². The minimum Gasteiger partial charge on any atom is -0.444 e. The predicted octanol–water partition coefficient (Wildman–Crippen LogP) is 3.49. The standard InChI is InChI=1S/C19H28N4O2/c1-19(2,3)25-18(24)22-17-16(14-21-23(17)4)13-20-12-8-11-15-9-6-5-7-10-15/h5-7,9-10,14,20H,8,11-13H2,1-4H3,(H,22,24). The third kappa shape index (κ3) is 6.58. The van der Waals surface area contributed by atoms with Gasteiger partial charge in [0.05, 0.1) is 6.20 Å². The Kier molecular flexibility index (Phi) is 6.58.